The van der Waals surface area contributed by atoms with E-state index >= 15 is 0 Å². The van der Waals surface area contributed by atoms with Gasteiger partial charge in [-0.3, -0.25) is 4.79 Å². The Morgan fingerprint density at radius 3 is 2.52 bits per heavy atom. The van der Waals surface area contributed by atoms with Crippen LogP contribution in [0.25, 0.3) is 11.0 Å². The number of carbonyl (C=O) groups excluding carboxylic acids is 1. The lowest BCUT2D eigenvalue weighted by Gasteiger charge is -2.23. The highest BCUT2D eigenvalue weighted by molar-refractivity contribution is 5.81. The Balaban J connectivity index is 1.32. The Hall–Kier alpha value is -2.62. The molecular formula is C27H33N3O. The van der Waals surface area contributed by atoms with Crippen molar-refractivity contribution in [1.82, 2.24) is 14.5 Å². The summed E-state index contributed by atoms with van der Waals surface area (Å²) in [6.07, 6.45) is 9.64. The smallest absolute Gasteiger partial charge is 0.223 e. The molecule has 0 radical (unpaired) electrons. The summed E-state index contributed by atoms with van der Waals surface area (Å²) < 4.78 is 2.43. The van der Waals surface area contributed by atoms with Gasteiger partial charge in [0.15, 0.2) is 0 Å². The lowest BCUT2D eigenvalue weighted by atomic mass is 9.87. The van der Waals surface area contributed by atoms with Crippen LogP contribution in [0.1, 0.15) is 62.3 Å². The van der Waals surface area contributed by atoms with Gasteiger partial charge in [-0.25, -0.2) is 4.98 Å². The van der Waals surface area contributed by atoms with E-state index < -0.39 is 0 Å². The van der Waals surface area contributed by atoms with Crippen molar-refractivity contribution in [2.75, 3.05) is 13.1 Å². The van der Waals surface area contributed by atoms with Gasteiger partial charge in [0.1, 0.15) is 5.82 Å². The normalized spacial score (nSPS) is 20.1. The number of aromatic nitrogens is 2. The number of fused-ring (bicyclic) bond motifs is 1. The number of rotatable bonds is 7. The van der Waals surface area contributed by atoms with Crippen molar-refractivity contribution in [2.45, 2.75) is 63.8 Å². The van der Waals surface area contributed by atoms with Gasteiger partial charge in [-0.05, 0) is 36.5 Å². The van der Waals surface area contributed by atoms with Crippen LogP contribution in [-0.4, -0.2) is 33.4 Å². The molecule has 4 nitrogen and oxygen atoms in total. The molecule has 5 rings (SSSR count). The first-order chi connectivity index (χ1) is 15.3. The van der Waals surface area contributed by atoms with Crippen molar-refractivity contribution in [3.8, 4) is 0 Å². The first-order valence-electron chi connectivity index (χ1n) is 12.0. The van der Waals surface area contributed by atoms with E-state index in [1.54, 1.807) is 0 Å². The molecule has 1 aliphatic carbocycles. The third-order valence-corrected chi connectivity index (χ3v) is 7.26. The predicted molar refractivity (Wildman–Crippen MR) is 125 cm³/mol. The fourth-order valence-electron chi connectivity index (χ4n) is 5.50. The fraction of sp³-hybridized carbons (Fsp3) is 0.481. The van der Waals surface area contributed by atoms with Gasteiger partial charge in [-0.1, -0.05) is 74.6 Å². The highest BCUT2D eigenvalue weighted by Gasteiger charge is 2.33. The molecule has 4 heteroatoms. The molecule has 2 aliphatic rings. The van der Waals surface area contributed by atoms with Crippen molar-refractivity contribution in [3.05, 3.63) is 66.0 Å². The van der Waals surface area contributed by atoms with Gasteiger partial charge in [0.25, 0.3) is 0 Å². The first-order valence-corrected chi connectivity index (χ1v) is 12.0. The van der Waals surface area contributed by atoms with Crippen molar-refractivity contribution < 1.29 is 4.79 Å². The number of nitrogens with zero attached hydrogens (tertiary/aromatic N) is 3. The van der Waals surface area contributed by atoms with Gasteiger partial charge in [0, 0.05) is 32.0 Å². The van der Waals surface area contributed by atoms with Crippen LogP contribution in [0.2, 0.25) is 0 Å². The molecule has 1 aliphatic heterocycles. The molecule has 1 saturated heterocycles. The maximum absolute atomic E-state index is 12.8. The van der Waals surface area contributed by atoms with Crippen LogP contribution in [-0.2, 0) is 17.8 Å². The van der Waals surface area contributed by atoms with E-state index in [1.165, 1.54) is 49.6 Å². The van der Waals surface area contributed by atoms with E-state index in [0.717, 1.165) is 43.3 Å². The lowest BCUT2D eigenvalue weighted by molar-refractivity contribution is -0.127. The highest BCUT2D eigenvalue weighted by atomic mass is 16.2. The summed E-state index contributed by atoms with van der Waals surface area (Å²) in [4.78, 5) is 19.9. The van der Waals surface area contributed by atoms with E-state index in [-0.39, 0.29) is 11.8 Å². The minimum atomic E-state index is 0.196. The van der Waals surface area contributed by atoms with Crippen LogP contribution in [0.3, 0.4) is 0 Å². The predicted octanol–water partition coefficient (Wildman–Crippen LogP) is 5.57. The van der Waals surface area contributed by atoms with Gasteiger partial charge >= 0.3 is 0 Å². The molecule has 162 valence electrons. The first kappa shape index (κ1) is 20.3. The van der Waals surface area contributed by atoms with Gasteiger partial charge in [0.2, 0.25) is 5.91 Å². The van der Waals surface area contributed by atoms with Crippen molar-refractivity contribution in [2.24, 2.45) is 5.92 Å². The van der Waals surface area contributed by atoms with Crippen molar-refractivity contribution in [1.29, 1.82) is 0 Å². The number of para-hydroxylation sites is 2. The van der Waals surface area contributed by atoms with Crippen LogP contribution in [0.15, 0.2) is 54.6 Å². The molecule has 1 amide bonds. The van der Waals surface area contributed by atoms with E-state index in [0.29, 0.717) is 6.42 Å². The van der Waals surface area contributed by atoms with Crippen LogP contribution < -0.4 is 0 Å². The largest absolute Gasteiger partial charge is 0.342 e. The van der Waals surface area contributed by atoms with Crippen LogP contribution in [0, 0.1) is 5.92 Å². The second kappa shape index (κ2) is 9.25. The summed E-state index contributed by atoms with van der Waals surface area (Å²) in [5, 5.41) is 0. The zero-order valence-electron chi connectivity index (χ0n) is 18.4. The summed E-state index contributed by atoms with van der Waals surface area (Å²) in [6.45, 7) is 2.61. The van der Waals surface area contributed by atoms with Crippen LogP contribution >= 0.6 is 0 Å². The maximum atomic E-state index is 12.8. The quantitative estimate of drug-likeness (QED) is 0.506. The number of hydrogen-bond acceptors (Lipinski definition) is 2. The number of hydrogen-bond donors (Lipinski definition) is 0. The molecule has 2 heterocycles. The molecule has 1 saturated carbocycles. The second-order valence-corrected chi connectivity index (χ2v) is 9.38. The number of likely N-dealkylation sites (tertiary alicyclic amines) is 1. The van der Waals surface area contributed by atoms with Crippen LogP contribution in [0.4, 0.5) is 0 Å². The molecule has 3 aromatic rings. The molecule has 2 fully saturated rings. The van der Waals surface area contributed by atoms with Gasteiger partial charge in [0.05, 0.1) is 11.0 Å². The minimum Gasteiger partial charge on any atom is -0.342 e. The zero-order chi connectivity index (χ0) is 21.0. The molecule has 31 heavy (non-hydrogen) atoms. The molecule has 2 aromatic carbocycles. The van der Waals surface area contributed by atoms with Gasteiger partial charge in [-0.2, -0.15) is 0 Å². The molecular weight excluding hydrogens is 382 g/mol. The third kappa shape index (κ3) is 4.53. The minimum absolute atomic E-state index is 0.196. The standard InChI is InChI=1S/C27H33N3O/c31-26-19-23(20-29(26)17-15-21-9-3-1-4-10-21)27-28-24-13-7-8-14-25(24)30(27)18-16-22-11-5-2-6-12-22/h1,3-4,7-10,13-14,22-23H,2,5-6,11-12,15-20H2/t23-/m0/s1. The van der Waals surface area contributed by atoms with Crippen LogP contribution in [0.5, 0.6) is 0 Å². The maximum Gasteiger partial charge on any atom is 0.223 e. The Kier molecular flexibility index (Phi) is 6.06. The Labute approximate surface area is 185 Å². The Morgan fingerprint density at radius 2 is 1.68 bits per heavy atom. The molecule has 0 bridgehead atoms. The van der Waals surface area contributed by atoms with E-state index in [9.17, 15) is 4.79 Å². The average Bonchev–Trinajstić information content (AvgIpc) is 3.37. The molecule has 1 aromatic heterocycles. The summed E-state index contributed by atoms with van der Waals surface area (Å²) in [5.74, 6) is 2.43. The van der Waals surface area contributed by atoms with Crippen molar-refractivity contribution >= 4 is 16.9 Å². The molecule has 0 unspecified atom stereocenters. The number of aryl methyl sites for hydroxylation is 1. The molecule has 1 atom stereocenters. The van der Waals surface area contributed by atoms with E-state index in [1.807, 2.05) is 11.0 Å². The number of amides is 1. The highest BCUT2D eigenvalue weighted by Crippen LogP contribution is 2.32. The number of benzene rings is 2. The zero-order valence-corrected chi connectivity index (χ0v) is 18.4. The van der Waals surface area contributed by atoms with Gasteiger partial charge in [-0.15, -0.1) is 0 Å². The van der Waals surface area contributed by atoms with E-state index in [2.05, 4.69) is 53.1 Å². The van der Waals surface area contributed by atoms with E-state index in [4.69, 9.17) is 4.98 Å². The summed E-state index contributed by atoms with van der Waals surface area (Å²) in [5.41, 5.74) is 3.58. The fourth-order valence-corrected chi connectivity index (χ4v) is 5.50. The SMILES string of the molecule is O=C1C[C@H](c2nc3ccccc3n2CCC2CCCCC2)CN1CCc1ccccc1. The summed E-state index contributed by atoms with van der Waals surface area (Å²) in [7, 11) is 0. The molecule has 0 spiro atoms. The van der Waals surface area contributed by atoms with Gasteiger partial charge < -0.3 is 9.47 Å². The summed E-state index contributed by atoms with van der Waals surface area (Å²) >= 11 is 0. The number of carbonyl (C=O) groups is 1. The second-order valence-electron chi connectivity index (χ2n) is 9.38. The Morgan fingerprint density at radius 1 is 0.903 bits per heavy atom. The molecule has 0 N–H and O–H groups in total. The van der Waals surface area contributed by atoms with Crippen molar-refractivity contribution in [3.63, 3.8) is 0 Å². The number of imidazole rings is 1. The Bertz CT molecular complexity index is 1020. The third-order valence-electron chi connectivity index (χ3n) is 7.26. The lowest BCUT2D eigenvalue weighted by Crippen LogP contribution is -2.27. The average molecular weight is 416 g/mol. The topological polar surface area (TPSA) is 38.1 Å². The monoisotopic (exact) mass is 415 g/mol. The summed E-state index contributed by atoms with van der Waals surface area (Å²) in [6, 6.07) is 18.9.